The molecule has 0 radical (unpaired) electrons. The Morgan fingerprint density at radius 2 is 1.86 bits per heavy atom. The van der Waals surface area contributed by atoms with Crippen molar-refractivity contribution in [3.8, 4) is 5.75 Å². The van der Waals surface area contributed by atoms with Gasteiger partial charge in [-0.3, -0.25) is 4.79 Å². The van der Waals surface area contributed by atoms with Crippen molar-refractivity contribution >= 4 is 34.8 Å². The third-order valence-corrected chi connectivity index (χ3v) is 3.76. The quantitative estimate of drug-likeness (QED) is 0.878. The molecule has 2 rings (SSSR count). The molecule has 0 fully saturated rings. The normalized spacial score (nSPS) is 10.4. The highest BCUT2D eigenvalue weighted by Crippen LogP contribution is 2.26. The summed E-state index contributed by atoms with van der Waals surface area (Å²) < 4.78 is 10.3. The fourth-order valence-electron chi connectivity index (χ4n) is 1.97. The fourth-order valence-corrected chi connectivity index (χ4v) is 2.26. The molecule has 0 heterocycles. The molecule has 0 bridgehead atoms. The lowest BCUT2D eigenvalue weighted by atomic mass is 10.1. The summed E-state index contributed by atoms with van der Waals surface area (Å²) in [7, 11) is 3.16. The smallest absolute Gasteiger partial charge is 0.255 e. The predicted molar refractivity (Wildman–Crippen MR) is 88.1 cm³/mol. The molecule has 0 saturated heterocycles. The van der Waals surface area contributed by atoms with Gasteiger partial charge in [0.05, 0.1) is 23.8 Å². The van der Waals surface area contributed by atoms with Gasteiger partial charge in [-0.2, -0.15) is 0 Å². The van der Waals surface area contributed by atoms with Crippen molar-refractivity contribution in [3.63, 3.8) is 0 Å². The summed E-state index contributed by atoms with van der Waals surface area (Å²) in [6.07, 6.45) is 0. The molecule has 0 saturated carbocycles. The molecule has 1 amide bonds. The standard InChI is InChI=1S/C16H15Cl2NO3/c1-21-9-11-7-10(3-6-15(11)22-2)16(20)19-12-4-5-13(17)14(18)8-12/h3-8H,9H2,1-2H3,(H,19,20). The van der Waals surface area contributed by atoms with E-state index in [1.165, 1.54) is 0 Å². The molecule has 0 spiro atoms. The van der Waals surface area contributed by atoms with E-state index < -0.39 is 0 Å². The minimum absolute atomic E-state index is 0.251. The van der Waals surface area contributed by atoms with Crippen LogP contribution in [0.15, 0.2) is 36.4 Å². The molecule has 0 aromatic heterocycles. The summed E-state index contributed by atoms with van der Waals surface area (Å²) in [5.74, 6) is 0.423. The van der Waals surface area contributed by atoms with Crippen LogP contribution in [0.4, 0.5) is 5.69 Å². The first-order valence-corrected chi connectivity index (χ1v) is 7.23. The maximum atomic E-state index is 12.3. The lowest BCUT2D eigenvalue weighted by molar-refractivity contribution is 0.102. The summed E-state index contributed by atoms with van der Waals surface area (Å²) in [4.78, 5) is 12.3. The van der Waals surface area contributed by atoms with Crippen molar-refractivity contribution in [2.45, 2.75) is 6.61 Å². The third kappa shape index (κ3) is 3.91. The molecule has 2 aromatic carbocycles. The summed E-state index contributed by atoms with van der Waals surface area (Å²) in [5.41, 5.74) is 1.87. The molecule has 0 aliphatic rings. The number of anilines is 1. The Kier molecular flexibility index (Phi) is 5.66. The van der Waals surface area contributed by atoms with Crippen LogP contribution in [-0.4, -0.2) is 20.1 Å². The largest absolute Gasteiger partial charge is 0.496 e. The molecule has 116 valence electrons. The zero-order chi connectivity index (χ0) is 16.1. The zero-order valence-electron chi connectivity index (χ0n) is 12.2. The van der Waals surface area contributed by atoms with Gasteiger partial charge in [-0.1, -0.05) is 23.2 Å². The molecular formula is C16H15Cl2NO3. The second kappa shape index (κ2) is 7.49. The number of amides is 1. The van der Waals surface area contributed by atoms with Crippen molar-refractivity contribution in [1.29, 1.82) is 0 Å². The number of carbonyl (C=O) groups excluding carboxylic acids is 1. The first-order valence-electron chi connectivity index (χ1n) is 6.47. The van der Waals surface area contributed by atoms with Crippen molar-refractivity contribution in [3.05, 3.63) is 57.6 Å². The average molecular weight is 340 g/mol. The summed E-state index contributed by atoms with van der Waals surface area (Å²) >= 11 is 11.8. The summed E-state index contributed by atoms with van der Waals surface area (Å²) in [6, 6.07) is 10.1. The number of hydrogen-bond acceptors (Lipinski definition) is 3. The molecule has 0 aliphatic heterocycles. The van der Waals surface area contributed by atoms with Gasteiger partial charge in [0.1, 0.15) is 5.75 Å². The zero-order valence-corrected chi connectivity index (χ0v) is 13.7. The number of ether oxygens (including phenoxy) is 2. The van der Waals surface area contributed by atoms with Gasteiger partial charge < -0.3 is 14.8 Å². The first kappa shape index (κ1) is 16.6. The highest BCUT2D eigenvalue weighted by Gasteiger charge is 2.11. The predicted octanol–water partition coefficient (Wildman–Crippen LogP) is 4.40. The van der Waals surface area contributed by atoms with E-state index in [-0.39, 0.29) is 5.91 Å². The highest BCUT2D eigenvalue weighted by molar-refractivity contribution is 6.42. The number of rotatable bonds is 5. The number of nitrogens with one attached hydrogen (secondary N) is 1. The number of halogens is 2. The van der Waals surface area contributed by atoms with Crippen LogP contribution in [0.5, 0.6) is 5.75 Å². The number of hydrogen-bond donors (Lipinski definition) is 1. The minimum Gasteiger partial charge on any atom is -0.496 e. The molecule has 2 aromatic rings. The molecule has 6 heteroatoms. The Morgan fingerprint density at radius 1 is 1.09 bits per heavy atom. The Hall–Kier alpha value is -1.75. The highest BCUT2D eigenvalue weighted by atomic mass is 35.5. The SMILES string of the molecule is COCc1cc(C(=O)Nc2ccc(Cl)c(Cl)c2)ccc1OC. The van der Waals surface area contributed by atoms with Gasteiger partial charge in [0, 0.05) is 23.9 Å². The van der Waals surface area contributed by atoms with E-state index >= 15 is 0 Å². The third-order valence-electron chi connectivity index (χ3n) is 3.02. The van der Waals surface area contributed by atoms with Gasteiger partial charge in [-0.25, -0.2) is 0 Å². The first-order chi connectivity index (χ1) is 10.5. The van der Waals surface area contributed by atoms with Crippen molar-refractivity contribution in [2.75, 3.05) is 19.5 Å². The minimum atomic E-state index is -0.251. The fraction of sp³-hybridized carbons (Fsp3) is 0.188. The molecule has 0 atom stereocenters. The van der Waals surface area contributed by atoms with Crippen molar-refractivity contribution in [1.82, 2.24) is 0 Å². The summed E-state index contributed by atoms with van der Waals surface area (Å²) in [6.45, 7) is 0.358. The van der Waals surface area contributed by atoms with E-state index in [0.717, 1.165) is 5.56 Å². The number of carbonyl (C=O) groups is 1. The second-order valence-electron chi connectivity index (χ2n) is 4.54. The Balaban J connectivity index is 2.21. The van der Waals surface area contributed by atoms with Gasteiger partial charge in [-0.05, 0) is 36.4 Å². The van der Waals surface area contributed by atoms with E-state index in [2.05, 4.69) is 5.32 Å². The van der Waals surface area contributed by atoms with Crippen LogP contribution < -0.4 is 10.1 Å². The van der Waals surface area contributed by atoms with E-state index in [4.69, 9.17) is 32.7 Å². The Bertz CT molecular complexity index is 689. The van der Waals surface area contributed by atoms with E-state index in [9.17, 15) is 4.79 Å². The molecule has 0 unspecified atom stereocenters. The Labute approximate surface area is 138 Å². The maximum absolute atomic E-state index is 12.3. The van der Waals surface area contributed by atoms with Crippen LogP contribution >= 0.6 is 23.2 Å². The monoisotopic (exact) mass is 339 g/mol. The van der Waals surface area contributed by atoms with Crippen LogP contribution in [0, 0.1) is 0 Å². The number of methoxy groups -OCH3 is 2. The second-order valence-corrected chi connectivity index (χ2v) is 5.36. The topological polar surface area (TPSA) is 47.6 Å². The molecule has 0 aliphatic carbocycles. The van der Waals surface area contributed by atoms with Gasteiger partial charge in [0.25, 0.3) is 5.91 Å². The van der Waals surface area contributed by atoms with Crippen LogP contribution in [0.25, 0.3) is 0 Å². The van der Waals surface area contributed by atoms with Gasteiger partial charge in [-0.15, -0.1) is 0 Å². The lowest BCUT2D eigenvalue weighted by Crippen LogP contribution is -2.12. The molecular weight excluding hydrogens is 325 g/mol. The van der Waals surface area contributed by atoms with E-state index in [1.54, 1.807) is 50.6 Å². The van der Waals surface area contributed by atoms with Crippen LogP contribution in [0.1, 0.15) is 15.9 Å². The summed E-state index contributed by atoms with van der Waals surface area (Å²) in [5, 5.41) is 3.59. The van der Waals surface area contributed by atoms with Crippen molar-refractivity contribution in [2.24, 2.45) is 0 Å². The Morgan fingerprint density at radius 3 is 2.50 bits per heavy atom. The van der Waals surface area contributed by atoms with E-state index in [0.29, 0.717) is 33.7 Å². The number of benzene rings is 2. The van der Waals surface area contributed by atoms with Crippen LogP contribution in [0.2, 0.25) is 10.0 Å². The van der Waals surface area contributed by atoms with Crippen LogP contribution in [-0.2, 0) is 11.3 Å². The van der Waals surface area contributed by atoms with Gasteiger partial charge in [0.2, 0.25) is 0 Å². The van der Waals surface area contributed by atoms with Gasteiger partial charge >= 0.3 is 0 Å². The molecule has 1 N–H and O–H groups in total. The van der Waals surface area contributed by atoms with Crippen molar-refractivity contribution < 1.29 is 14.3 Å². The molecule has 22 heavy (non-hydrogen) atoms. The average Bonchev–Trinajstić information content (AvgIpc) is 2.51. The lowest BCUT2D eigenvalue weighted by Gasteiger charge is -2.11. The van der Waals surface area contributed by atoms with Crippen LogP contribution in [0.3, 0.4) is 0 Å². The van der Waals surface area contributed by atoms with Gasteiger partial charge in [0.15, 0.2) is 0 Å². The molecule has 4 nitrogen and oxygen atoms in total. The van der Waals surface area contributed by atoms with E-state index in [1.807, 2.05) is 0 Å². The maximum Gasteiger partial charge on any atom is 0.255 e.